The van der Waals surface area contributed by atoms with Gasteiger partial charge in [0.2, 0.25) is 0 Å². The quantitative estimate of drug-likeness (QED) is 0.458. The summed E-state index contributed by atoms with van der Waals surface area (Å²) in [6, 6.07) is 11.1. The maximum absolute atomic E-state index is 4.30. The molecule has 0 saturated carbocycles. The van der Waals surface area contributed by atoms with E-state index >= 15 is 0 Å². The van der Waals surface area contributed by atoms with Gasteiger partial charge in [-0.1, -0.05) is 26.2 Å². The summed E-state index contributed by atoms with van der Waals surface area (Å²) in [5, 5.41) is 4.30. The van der Waals surface area contributed by atoms with Crippen LogP contribution in [0.25, 0.3) is 5.69 Å². The molecule has 0 aliphatic rings. The predicted octanol–water partition coefficient (Wildman–Crippen LogP) is 2.58. The molecule has 14 heavy (non-hydrogen) atoms. The van der Waals surface area contributed by atoms with E-state index in [2.05, 4.69) is 33.8 Å². The fourth-order valence-corrected chi connectivity index (χ4v) is 1.58. The number of hydrogen-bond acceptors (Lipinski definition) is 1. The van der Waals surface area contributed by atoms with Crippen molar-refractivity contribution in [1.82, 2.24) is 9.78 Å². The topological polar surface area (TPSA) is 17.8 Å². The molecule has 1 radical (unpaired) electrons. The minimum Gasteiger partial charge on any atom is -0.265 e. The van der Waals surface area contributed by atoms with Crippen molar-refractivity contribution in [2.45, 2.75) is 6.92 Å². The van der Waals surface area contributed by atoms with Crippen LogP contribution in [-0.4, -0.2) is 9.78 Å². The van der Waals surface area contributed by atoms with E-state index in [1.54, 1.807) is 0 Å². The SMILES string of the molecule is Cc1ccn(-c2[c-]ccc(I)c2)n1.[Ir]. The number of rotatable bonds is 1. The van der Waals surface area contributed by atoms with Gasteiger partial charge in [-0.15, -0.1) is 6.07 Å². The van der Waals surface area contributed by atoms with Gasteiger partial charge in [0, 0.05) is 26.3 Å². The normalized spacial score (nSPS) is 9.57. The second-order valence-corrected chi connectivity index (χ2v) is 4.04. The van der Waals surface area contributed by atoms with Crippen LogP contribution >= 0.6 is 22.6 Å². The van der Waals surface area contributed by atoms with E-state index in [1.165, 1.54) is 3.57 Å². The molecule has 0 amide bonds. The van der Waals surface area contributed by atoms with Crippen molar-refractivity contribution in [2.24, 2.45) is 0 Å². The molecule has 0 N–H and O–H groups in total. The van der Waals surface area contributed by atoms with Gasteiger partial charge in [0.1, 0.15) is 0 Å². The van der Waals surface area contributed by atoms with Gasteiger partial charge in [0.25, 0.3) is 0 Å². The Balaban J connectivity index is 0.000000980. The average Bonchev–Trinajstić information content (AvgIpc) is 2.52. The molecule has 1 heterocycles. The molecule has 1 aromatic heterocycles. The molecule has 0 bridgehead atoms. The number of benzene rings is 1. The number of aromatic nitrogens is 2. The first-order chi connectivity index (χ1) is 6.25. The van der Waals surface area contributed by atoms with E-state index in [1.807, 2.05) is 42.1 Å². The minimum absolute atomic E-state index is 0. The van der Waals surface area contributed by atoms with Crippen molar-refractivity contribution in [3.8, 4) is 5.69 Å². The average molecular weight is 475 g/mol. The van der Waals surface area contributed by atoms with Gasteiger partial charge in [-0.2, -0.15) is 23.3 Å². The maximum Gasteiger partial charge on any atom is 0.0597 e. The van der Waals surface area contributed by atoms with Crippen LogP contribution < -0.4 is 0 Å². The monoisotopic (exact) mass is 476 g/mol. The Bertz CT molecular complexity index is 426. The molecule has 0 unspecified atom stereocenters. The van der Waals surface area contributed by atoms with Crippen LogP contribution in [0.5, 0.6) is 0 Å². The van der Waals surface area contributed by atoms with Crippen LogP contribution in [0.15, 0.2) is 30.5 Å². The Morgan fingerprint density at radius 1 is 1.43 bits per heavy atom. The van der Waals surface area contributed by atoms with Crippen molar-refractivity contribution in [2.75, 3.05) is 0 Å². The molecule has 75 valence electrons. The minimum atomic E-state index is 0. The summed E-state index contributed by atoms with van der Waals surface area (Å²) in [5.41, 5.74) is 2.01. The molecule has 2 nitrogen and oxygen atoms in total. The summed E-state index contributed by atoms with van der Waals surface area (Å²) in [4.78, 5) is 0. The molecular formula is C10H8IIrN2-. The summed E-state index contributed by atoms with van der Waals surface area (Å²) in [6.07, 6.45) is 1.94. The Morgan fingerprint density at radius 2 is 2.21 bits per heavy atom. The summed E-state index contributed by atoms with van der Waals surface area (Å²) < 4.78 is 3.02. The van der Waals surface area contributed by atoms with Gasteiger partial charge in [-0.05, 0) is 18.7 Å². The van der Waals surface area contributed by atoms with Gasteiger partial charge in [0.05, 0.1) is 5.69 Å². The van der Waals surface area contributed by atoms with Gasteiger partial charge in [-0.25, -0.2) is 0 Å². The molecule has 0 saturated heterocycles. The Hall–Kier alpha value is -0.191. The fraction of sp³-hybridized carbons (Fsp3) is 0.100. The Kier molecular flexibility index (Phi) is 4.29. The van der Waals surface area contributed by atoms with E-state index < -0.39 is 0 Å². The first-order valence-corrected chi connectivity index (χ1v) is 5.03. The van der Waals surface area contributed by atoms with E-state index in [4.69, 9.17) is 0 Å². The molecular weight excluding hydrogens is 467 g/mol. The summed E-state index contributed by atoms with van der Waals surface area (Å²) in [6.45, 7) is 1.98. The molecule has 0 spiro atoms. The van der Waals surface area contributed by atoms with Crippen LogP contribution in [0.4, 0.5) is 0 Å². The number of hydrogen-bond donors (Lipinski definition) is 0. The fourth-order valence-electron chi connectivity index (χ4n) is 1.11. The molecule has 0 aliphatic heterocycles. The van der Waals surface area contributed by atoms with Crippen molar-refractivity contribution in [3.05, 3.63) is 45.8 Å². The van der Waals surface area contributed by atoms with Crippen molar-refractivity contribution < 1.29 is 20.1 Å². The standard InChI is InChI=1S/C10H8IN2.Ir/c1-8-5-6-13(12-8)10-4-2-3-9(11)7-10;/h2-3,5-7H,1H3;/q-1;. The van der Waals surface area contributed by atoms with Gasteiger partial charge in [-0.3, -0.25) is 4.68 Å². The number of halogens is 1. The molecule has 2 aromatic rings. The van der Waals surface area contributed by atoms with Crippen LogP contribution in [0.1, 0.15) is 5.69 Å². The van der Waals surface area contributed by atoms with Crippen molar-refractivity contribution >= 4 is 22.6 Å². The second kappa shape index (κ2) is 5.05. The number of nitrogens with zero attached hydrogens (tertiary/aromatic N) is 2. The zero-order valence-electron chi connectivity index (χ0n) is 7.49. The maximum atomic E-state index is 4.30. The van der Waals surface area contributed by atoms with Crippen LogP contribution in [-0.2, 0) is 20.1 Å². The third kappa shape index (κ3) is 2.65. The third-order valence-electron chi connectivity index (χ3n) is 1.72. The molecule has 0 aliphatic carbocycles. The van der Waals surface area contributed by atoms with Crippen LogP contribution in [0.2, 0.25) is 0 Å². The van der Waals surface area contributed by atoms with E-state index in [-0.39, 0.29) is 20.1 Å². The zero-order chi connectivity index (χ0) is 9.26. The summed E-state index contributed by atoms with van der Waals surface area (Å²) >= 11 is 2.28. The van der Waals surface area contributed by atoms with E-state index in [0.717, 1.165) is 11.4 Å². The first-order valence-electron chi connectivity index (χ1n) is 3.95. The molecule has 0 atom stereocenters. The van der Waals surface area contributed by atoms with E-state index in [0.29, 0.717) is 0 Å². The van der Waals surface area contributed by atoms with Gasteiger partial charge >= 0.3 is 0 Å². The molecule has 0 fully saturated rings. The summed E-state index contributed by atoms with van der Waals surface area (Å²) in [5.74, 6) is 0. The largest absolute Gasteiger partial charge is 0.265 e. The zero-order valence-corrected chi connectivity index (χ0v) is 12.0. The van der Waals surface area contributed by atoms with Crippen LogP contribution in [0, 0.1) is 16.6 Å². The summed E-state index contributed by atoms with van der Waals surface area (Å²) in [7, 11) is 0. The third-order valence-corrected chi connectivity index (χ3v) is 2.39. The van der Waals surface area contributed by atoms with Gasteiger partial charge < -0.3 is 0 Å². The second-order valence-electron chi connectivity index (χ2n) is 2.79. The van der Waals surface area contributed by atoms with Gasteiger partial charge in [0.15, 0.2) is 0 Å². The van der Waals surface area contributed by atoms with E-state index in [9.17, 15) is 0 Å². The molecule has 4 heteroatoms. The Morgan fingerprint density at radius 3 is 2.79 bits per heavy atom. The predicted molar refractivity (Wildman–Crippen MR) is 59.9 cm³/mol. The van der Waals surface area contributed by atoms with Crippen molar-refractivity contribution in [1.29, 1.82) is 0 Å². The smallest absolute Gasteiger partial charge is 0.0597 e. The molecule has 2 rings (SSSR count). The molecule has 1 aromatic carbocycles. The first kappa shape index (κ1) is 11.9. The Labute approximate surface area is 110 Å². The number of aryl methyl sites for hydroxylation is 1. The van der Waals surface area contributed by atoms with Crippen LogP contribution in [0.3, 0.4) is 0 Å². The van der Waals surface area contributed by atoms with Crippen molar-refractivity contribution in [3.63, 3.8) is 0 Å².